The summed E-state index contributed by atoms with van der Waals surface area (Å²) >= 11 is 0. The molecule has 2 N–H and O–H groups in total. The van der Waals surface area contributed by atoms with Crippen LogP contribution in [0.1, 0.15) is 108 Å². The van der Waals surface area contributed by atoms with Crippen molar-refractivity contribution in [2.24, 2.45) is 5.73 Å². The van der Waals surface area contributed by atoms with E-state index in [1.54, 1.807) is 11.1 Å². The molecule has 1 nitrogen and oxygen atoms in total. The number of nitrogens with two attached hydrogens (primary N) is 1. The van der Waals surface area contributed by atoms with E-state index >= 15 is 0 Å². The summed E-state index contributed by atoms with van der Waals surface area (Å²) in [7, 11) is 0. The van der Waals surface area contributed by atoms with Crippen molar-refractivity contribution in [1.82, 2.24) is 0 Å². The Morgan fingerprint density at radius 3 is 2.00 bits per heavy atom. The van der Waals surface area contributed by atoms with Gasteiger partial charge >= 0.3 is 0 Å². The minimum Gasteiger partial charge on any atom is -0.324 e. The molecule has 0 bridgehead atoms. The standard InChI is InChI=1S/C22H39N.ClH/c1-4-7-10-14-19-15-13-17-21(20(19)16-11-8-5-2)22(23)18-12-9-6-3;/h13,15,17,22H,4-12,14,16,18,23H2,1-3H3;1H. The third kappa shape index (κ3) is 8.53. The molecule has 0 aromatic heterocycles. The van der Waals surface area contributed by atoms with Crippen LogP contribution in [0, 0.1) is 0 Å². The largest absolute Gasteiger partial charge is 0.324 e. The highest BCUT2D eigenvalue weighted by Gasteiger charge is 2.14. The summed E-state index contributed by atoms with van der Waals surface area (Å²) in [6.45, 7) is 6.82. The minimum absolute atomic E-state index is 0. The van der Waals surface area contributed by atoms with Gasteiger partial charge in [0.05, 0.1) is 0 Å². The van der Waals surface area contributed by atoms with Crippen molar-refractivity contribution in [2.45, 2.75) is 104 Å². The first-order chi connectivity index (χ1) is 11.2. The lowest BCUT2D eigenvalue weighted by Crippen LogP contribution is -2.14. The van der Waals surface area contributed by atoms with Gasteiger partial charge in [-0.1, -0.05) is 83.9 Å². The molecule has 2 heteroatoms. The molecule has 0 aliphatic heterocycles. The Kier molecular flexibility index (Phi) is 14.5. The highest BCUT2D eigenvalue weighted by atomic mass is 35.5. The smallest absolute Gasteiger partial charge is 0.0297 e. The average molecular weight is 354 g/mol. The lowest BCUT2D eigenvalue weighted by atomic mass is 9.88. The molecule has 24 heavy (non-hydrogen) atoms. The molecule has 0 aliphatic rings. The van der Waals surface area contributed by atoms with Crippen LogP contribution in [-0.4, -0.2) is 0 Å². The van der Waals surface area contributed by atoms with Crippen molar-refractivity contribution in [2.75, 3.05) is 0 Å². The van der Waals surface area contributed by atoms with E-state index in [4.69, 9.17) is 5.73 Å². The Hall–Kier alpha value is -0.530. The van der Waals surface area contributed by atoms with E-state index in [1.807, 2.05) is 0 Å². The molecular weight excluding hydrogens is 314 g/mol. The third-order valence-electron chi connectivity index (χ3n) is 4.91. The first-order valence-corrected chi connectivity index (χ1v) is 10.1. The molecule has 0 radical (unpaired) electrons. The van der Waals surface area contributed by atoms with Gasteiger partial charge < -0.3 is 5.73 Å². The average Bonchev–Trinajstić information content (AvgIpc) is 2.56. The maximum atomic E-state index is 6.56. The Morgan fingerprint density at radius 2 is 1.38 bits per heavy atom. The molecule has 0 heterocycles. The summed E-state index contributed by atoms with van der Waals surface area (Å²) in [5, 5.41) is 0. The van der Waals surface area contributed by atoms with Crippen LogP contribution < -0.4 is 5.73 Å². The van der Waals surface area contributed by atoms with E-state index < -0.39 is 0 Å². The Labute approximate surface area is 157 Å². The van der Waals surface area contributed by atoms with Crippen LogP contribution in [0.4, 0.5) is 0 Å². The molecule has 0 fully saturated rings. The van der Waals surface area contributed by atoms with E-state index in [1.165, 1.54) is 76.2 Å². The van der Waals surface area contributed by atoms with Crippen LogP contribution in [0.2, 0.25) is 0 Å². The second kappa shape index (κ2) is 14.8. The molecular formula is C22H40ClN. The number of hydrogen-bond donors (Lipinski definition) is 1. The number of hydrogen-bond acceptors (Lipinski definition) is 1. The second-order valence-corrected chi connectivity index (χ2v) is 7.00. The van der Waals surface area contributed by atoms with Gasteiger partial charge in [-0.25, -0.2) is 0 Å². The zero-order chi connectivity index (χ0) is 16.9. The van der Waals surface area contributed by atoms with Gasteiger partial charge in [-0.3, -0.25) is 0 Å². The van der Waals surface area contributed by atoms with Gasteiger partial charge in [-0.2, -0.15) is 0 Å². The summed E-state index contributed by atoms with van der Waals surface area (Å²) in [4.78, 5) is 0. The van der Waals surface area contributed by atoms with Crippen molar-refractivity contribution in [3.63, 3.8) is 0 Å². The van der Waals surface area contributed by atoms with Crippen LogP contribution in [0.3, 0.4) is 0 Å². The quantitative estimate of drug-likeness (QED) is 0.374. The van der Waals surface area contributed by atoms with Gasteiger partial charge in [-0.15, -0.1) is 12.4 Å². The van der Waals surface area contributed by atoms with Crippen LogP contribution in [0.15, 0.2) is 18.2 Å². The van der Waals surface area contributed by atoms with E-state index in [2.05, 4.69) is 39.0 Å². The first kappa shape index (κ1) is 23.5. The van der Waals surface area contributed by atoms with Gasteiger partial charge in [0.1, 0.15) is 0 Å². The van der Waals surface area contributed by atoms with Crippen molar-refractivity contribution in [3.05, 3.63) is 34.9 Å². The van der Waals surface area contributed by atoms with E-state index in [9.17, 15) is 0 Å². The fourth-order valence-corrected chi connectivity index (χ4v) is 3.43. The Bertz CT molecular complexity index is 416. The number of unbranched alkanes of at least 4 members (excludes halogenated alkanes) is 6. The van der Waals surface area contributed by atoms with Crippen molar-refractivity contribution < 1.29 is 0 Å². The molecule has 0 saturated carbocycles. The zero-order valence-electron chi connectivity index (χ0n) is 16.3. The lowest BCUT2D eigenvalue weighted by Gasteiger charge is -2.20. The SMILES string of the molecule is CCCCCc1cccc(C(N)CCCCC)c1CCCCC.Cl. The highest BCUT2D eigenvalue weighted by molar-refractivity contribution is 5.85. The molecule has 1 unspecified atom stereocenters. The normalized spacial score (nSPS) is 12.0. The Balaban J connectivity index is 0.00000529. The summed E-state index contributed by atoms with van der Waals surface area (Å²) in [6.07, 6.45) is 15.3. The van der Waals surface area contributed by atoms with Crippen molar-refractivity contribution in [1.29, 1.82) is 0 Å². The monoisotopic (exact) mass is 353 g/mol. The van der Waals surface area contributed by atoms with Gasteiger partial charge in [0.25, 0.3) is 0 Å². The lowest BCUT2D eigenvalue weighted by molar-refractivity contribution is 0.574. The molecule has 140 valence electrons. The molecule has 0 amide bonds. The summed E-state index contributed by atoms with van der Waals surface area (Å²) < 4.78 is 0. The predicted octanol–water partition coefficient (Wildman–Crippen LogP) is 7.15. The maximum Gasteiger partial charge on any atom is 0.0297 e. The van der Waals surface area contributed by atoms with E-state index in [-0.39, 0.29) is 18.4 Å². The van der Waals surface area contributed by atoms with Crippen LogP contribution in [-0.2, 0) is 12.8 Å². The molecule has 1 aromatic rings. The molecule has 0 saturated heterocycles. The summed E-state index contributed by atoms with van der Waals surface area (Å²) in [5.41, 5.74) is 11.2. The van der Waals surface area contributed by atoms with Gasteiger partial charge in [-0.05, 0) is 48.8 Å². The molecule has 0 aliphatic carbocycles. The maximum absolute atomic E-state index is 6.56. The number of aryl methyl sites for hydroxylation is 1. The van der Waals surface area contributed by atoms with E-state index in [0.29, 0.717) is 0 Å². The van der Waals surface area contributed by atoms with Crippen LogP contribution >= 0.6 is 12.4 Å². The Morgan fingerprint density at radius 1 is 0.792 bits per heavy atom. The van der Waals surface area contributed by atoms with Crippen LogP contribution in [0.25, 0.3) is 0 Å². The molecule has 1 rings (SSSR count). The van der Waals surface area contributed by atoms with Gasteiger partial charge in [0.2, 0.25) is 0 Å². The highest BCUT2D eigenvalue weighted by Crippen LogP contribution is 2.27. The van der Waals surface area contributed by atoms with Crippen molar-refractivity contribution >= 4 is 12.4 Å². The van der Waals surface area contributed by atoms with Gasteiger partial charge in [0, 0.05) is 6.04 Å². The minimum atomic E-state index is 0. The van der Waals surface area contributed by atoms with E-state index in [0.717, 1.165) is 6.42 Å². The van der Waals surface area contributed by atoms with Crippen LogP contribution in [0.5, 0.6) is 0 Å². The molecule has 0 spiro atoms. The fourth-order valence-electron chi connectivity index (χ4n) is 3.43. The summed E-state index contributed by atoms with van der Waals surface area (Å²) in [5.74, 6) is 0. The zero-order valence-corrected chi connectivity index (χ0v) is 17.1. The van der Waals surface area contributed by atoms with Crippen molar-refractivity contribution in [3.8, 4) is 0 Å². The first-order valence-electron chi connectivity index (χ1n) is 10.1. The third-order valence-corrected chi connectivity index (χ3v) is 4.91. The molecule has 1 atom stereocenters. The predicted molar refractivity (Wildman–Crippen MR) is 111 cm³/mol. The number of rotatable bonds is 13. The topological polar surface area (TPSA) is 26.0 Å². The number of benzene rings is 1. The second-order valence-electron chi connectivity index (χ2n) is 7.00. The fraction of sp³-hybridized carbons (Fsp3) is 0.727. The van der Waals surface area contributed by atoms with Gasteiger partial charge in [0.15, 0.2) is 0 Å². The molecule has 1 aromatic carbocycles. The summed E-state index contributed by atoms with van der Waals surface area (Å²) in [6, 6.07) is 7.10. The number of halogens is 1.